The summed E-state index contributed by atoms with van der Waals surface area (Å²) in [6, 6.07) is 7.45. The van der Waals surface area contributed by atoms with Gasteiger partial charge in [0.15, 0.2) is 5.13 Å². The molecule has 2 aromatic rings. The zero-order chi connectivity index (χ0) is 19.4. The van der Waals surface area contributed by atoms with Gasteiger partial charge in [-0.25, -0.2) is 9.78 Å². The molecule has 1 fully saturated rings. The summed E-state index contributed by atoms with van der Waals surface area (Å²) in [5.41, 5.74) is 1.95. The fourth-order valence-corrected chi connectivity index (χ4v) is 3.81. The number of thiazole rings is 1. The lowest BCUT2D eigenvalue weighted by molar-refractivity contribution is -0.115. The second-order valence-electron chi connectivity index (χ2n) is 6.32. The van der Waals surface area contributed by atoms with Gasteiger partial charge in [0.25, 0.3) is 0 Å². The Morgan fingerprint density at radius 1 is 1.22 bits per heavy atom. The smallest absolute Gasteiger partial charge is 0.317 e. The number of hydrogen-bond acceptors (Lipinski definition) is 5. The van der Waals surface area contributed by atoms with Gasteiger partial charge in [-0.15, -0.1) is 11.3 Å². The van der Waals surface area contributed by atoms with Crippen molar-refractivity contribution >= 4 is 45.7 Å². The van der Waals surface area contributed by atoms with Crippen molar-refractivity contribution in [3.8, 4) is 0 Å². The minimum Gasteiger partial charge on any atom is -0.368 e. The number of anilines is 2. The molecule has 0 radical (unpaired) electrons. The molecule has 1 aromatic heterocycles. The fraction of sp³-hybridized carbons (Fsp3) is 0.389. The predicted octanol–water partition coefficient (Wildman–Crippen LogP) is 2.88. The van der Waals surface area contributed by atoms with Crippen LogP contribution in [0.15, 0.2) is 24.3 Å². The van der Waals surface area contributed by atoms with Gasteiger partial charge < -0.3 is 20.4 Å². The van der Waals surface area contributed by atoms with Gasteiger partial charge >= 0.3 is 6.03 Å². The predicted molar refractivity (Wildman–Crippen MR) is 109 cm³/mol. The molecule has 144 valence electrons. The summed E-state index contributed by atoms with van der Waals surface area (Å²) in [6.07, 6.45) is 0. The zero-order valence-electron chi connectivity index (χ0n) is 15.3. The molecule has 1 aliphatic rings. The Kier molecular flexibility index (Phi) is 6.18. The van der Waals surface area contributed by atoms with Crippen molar-refractivity contribution in [2.75, 3.05) is 42.9 Å². The molecular weight excluding hydrogens is 386 g/mol. The molecule has 0 atom stereocenters. The molecule has 0 spiro atoms. The fourth-order valence-electron chi connectivity index (χ4n) is 2.80. The van der Waals surface area contributed by atoms with Crippen molar-refractivity contribution in [1.29, 1.82) is 0 Å². The van der Waals surface area contributed by atoms with Gasteiger partial charge in [-0.2, -0.15) is 0 Å². The van der Waals surface area contributed by atoms with E-state index in [0.717, 1.165) is 29.3 Å². The Morgan fingerprint density at radius 3 is 2.59 bits per heavy atom. The quantitative estimate of drug-likeness (QED) is 0.816. The third-order valence-electron chi connectivity index (χ3n) is 4.42. The van der Waals surface area contributed by atoms with E-state index in [1.54, 1.807) is 4.90 Å². The topological polar surface area (TPSA) is 77.6 Å². The van der Waals surface area contributed by atoms with E-state index in [1.165, 1.54) is 11.3 Å². The van der Waals surface area contributed by atoms with Gasteiger partial charge in [-0.3, -0.25) is 4.79 Å². The van der Waals surface area contributed by atoms with E-state index in [4.69, 9.17) is 11.6 Å². The Bertz CT molecular complexity index is 813. The van der Waals surface area contributed by atoms with E-state index in [9.17, 15) is 9.59 Å². The highest BCUT2D eigenvalue weighted by atomic mass is 35.5. The van der Waals surface area contributed by atoms with E-state index >= 15 is 0 Å². The summed E-state index contributed by atoms with van der Waals surface area (Å²) in [6.45, 7) is 6.38. The number of carbonyl (C=O) groups excluding carboxylic acids is 2. The van der Waals surface area contributed by atoms with Gasteiger partial charge in [0.1, 0.15) is 0 Å². The highest BCUT2D eigenvalue weighted by molar-refractivity contribution is 7.15. The Morgan fingerprint density at radius 2 is 1.96 bits per heavy atom. The SMILES string of the molecule is Cc1nc(NC(=O)CNC(=O)N2CCN(c3cccc(Cl)c3)CC2)sc1C. The first-order valence-electron chi connectivity index (χ1n) is 8.69. The molecular formula is C18H22ClN5O2S. The van der Waals surface area contributed by atoms with Crippen LogP contribution in [-0.4, -0.2) is 54.5 Å². The average molecular weight is 408 g/mol. The minimum absolute atomic E-state index is 0.0784. The number of rotatable bonds is 4. The second-order valence-corrected chi connectivity index (χ2v) is 7.96. The maximum Gasteiger partial charge on any atom is 0.317 e. The normalized spacial score (nSPS) is 14.2. The number of piperazine rings is 1. The van der Waals surface area contributed by atoms with Gasteiger partial charge in [0.05, 0.1) is 12.2 Å². The molecule has 1 aliphatic heterocycles. The number of nitrogens with one attached hydrogen (secondary N) is 2. The molecule has 0 bridgehead atoms. The second kappa shape index (κ2) is 8.58. The number of urea groups is 1. The number of carbonyl (C=O) groups is 2. The molecule has 2 heterocycles. The van der Waals surface area contributed by atoms with Gasteiger partial charge in [0.2, 0.25) is 5.91 Å². The van der Waals surface area contributed by atoms with Crippen LogP contribution in [0.2, 0.25) is 5.02 Å². The third kappa shape index (κ3) is 5.11. The standard InChI is InChI=1S/C18H22ClN5O2S/c1-12-13(2)27-17(21-12)22-16(25)11-20-18(26)24-8-6-23(7-9-24)15-5-3-4-14(19)10-15/h3-5,10H,6-9,11H2,1-2H3,(H,20,26)(H,21,22,25). The van der Waals surface area contributed by atoms with E-state index in [-0.39, 0.29) is 18.5 Å². The Labute approximate surface area is 167 Å². The van der Waals surface area contributed by atoms with Crippen molar-refractivity contribution in [3.05, 3.63) is 39.9 Å². The first-order chi connectivity index (χ1) is 12.9. The molecule has 2 N–H and O–H groups in total. The number of hydrogen-bond donors (Lipinski definition) is 2. The molecule has 0 saturated carbocycles. The molecule has 3 amide bonds. The Hall–Kier alpha value is -2.32. The van der Waals surface area contributed by atoms with Crippen molar-refractivity contribution in [2.24, 2.45) is 0 Å². The highest BCUT2D eigenvalue weighted by Gasteiger charge is 2.21. The van der Waals surface area contributed by atoms with Crippen molar-refractivity contribution in [2.45, 2.75) is 13.8 Å². The summed E-state index contributed by atoms with van der Waals surface area (Å²) in [4.78, 5) is 33.5. The molecule has 9 heteroatoms. The number of aromatic nitrogens is 1. The zero-order valence-corrected chi connectivity index (χ0v) is 16.9. The summed E-state index contributed by atoms with van der Waals surface area (Å²) in [5.74, 6) is -0.283. The van der Waals surface area contributed by atoms with E-state index < -0.39 is 0 Å². The van der Waals surface area contributed by atoms with E-state index in [0.29, 0.717) is 23.2 Å². The van der Waals surface area contributed by atoms with Crippen LogP contribution in [0.1, 0.15) is 10.6 Å². The number of aryl methyl sites for hydroxylation is 2. The average Bonchev–Trinajstić information content (AvgIpc) is 2.97. The molecule has 27 heavy (non-hydrogen) atoms. The summed E-state index contributed by atoms with van der Waals surface area (Å²) in [5, 5.41) is 6.63. The van der Waals surface area contributed by atoms with Crippen molar-refractivity contribution in [1.82, 2.24) is 15.2 Å². The molecule has 1 aromatic carbocycles. The molecule has 0 aliphatic carbocycles. The van der Waals surface area contributed by atoms with Crippen LogP contribution < -0.4 is 15.5 Å². The lowest BCUT2D eigenvalue weighted by Crippen LogP contribution is -2.52. The molecule has 0 unspecified atom stereocenters. The summed E-state index contributed by atoms with van der Waals surface area (Å²) < 4.78 is 0. The molecule has 1 saturated heterocycles. The third-order valence-corrected chi connectivity index (χ3v) is 5.64. The molecule has 7 nitrogen and oxygen atoms in total. The van der Waals surface area contributed by atoms with E-state index in [2.05, 4.69) is 20.5 Å². The maximum atomic E-state index is 12.3. The Balaban J connectivity index is 1.43. The van der Waals surface area contributed by atoms with Crippen LogP contribution >= 0.6 is 22.9 Å². The first kappa shape index (κ1) is 19.4. The summed E-state index contributed by atoms with van der Waals surface area (Å²) in [7, 11) is 0. The summed E-state index contributed by atoms with van der Waals surface area (Å²) >= 11 is 7.46. The lowest BCUT2D eigenvalue weighted by atomic mass is 10.2. The van der Waals surface area contributed by atoms with Crippen LogP contribution in [-0.2, 0) is 4.79 Å². The first-order valence-corrected chi connectivity index (χ1v) is 9.89. The van der Waals surface area contributed by atoms with Crippen LogP contribution in [0.3, 0.4) is 0 Å². The van der Waals surface area contributed by atoms with Crippen molar-refractivity contribution in [3.63, 3.8) is 0 Å². The van der Waals surface area contributed by atoms with Gasteiger partial charge in [-0.05, 0) is 32.0 Å². The lowest BCUT2D eigenvalue weighted by Gasteiger charge is -2.36. The highest BCUT2D eigenvalue weighted by Crippen LogP contribution is 2.21. The molecule has 3 rings (SSSR count). The maximum absolute atomic E-state index is 12.3. The number of halogens is 1. The largest absolute Gasteiger partial charge is 0.368 e. The van der Waals surface area contributed by atoms with Crippen LogP contribution in [0, 0.1) is 13.8 Å². The van der Waals surface area contributed by atoms with Gasteiger partial charge in [-0.1, -0.05) is 17.7 Å². The van der Waals surface area contributed by atoms with Crippen LogP contribution in [0.4, 0.5) is 15.6 Å². The number of benzene rings is 1. The monoisotopic (exact) mass is 407 g/mol. The van der Waals surface area contributed by atoms with Crippen molar-refractivity contribution < 1.29 is 9.59 Å². The van der Waals surface area contributed by atoms with Crippen LogP contribution in [0.5, 0.6) is 0 Å². The van der Waals surface area contributed by atoms with E-state index in [1.807, 2.05) is 38.1 Å². The number of nitrogens with zero attached hydrogens (tertiary/aromatic N) is 3. The van der Waals surface area contributed by atoms with Crippen LogP contribution in [0.25, 0.3) is 0 Å². The minimum atomic E-state index is -0.283. The number of amides is 3. The van der Waals surface area contributed by atoms with Gasteiger partial charge in [0, 0.05) is 41.8 Å².